The van der Waals surface area contributed by atoms with Crippen molar-refractivity contribution in [3.05, 3.63) is 11.3 Å². The zero-order chi connectivity index (χ0) is 12.3. The molecule has 2 rings (SSSR count). The van der Waals surface area contributed by atoms with Crippen LogP contribution in [0.4, 0.5) is 5.00 Å². The molecule has 1 fully saturated rings. The molecule has 94 valence electrons. The Morgan fingerprint density at radius 3 is 3.18 bits per heavy atom. The first kappa shape index (κ1) is 12.3. The predicted molar refractivity (Wildman–Crippen MR) is 65.8 cm³/mol. The molecule has 1 unspecified atom stereocenters. The Bertz CT molecular complexity index is 399. The first-order chi connectivity index (χ1) is 8.18. The maximum atomic E-state index is 11.1. The number of rotatable bonds is 4. The van der Waals surface area contributed by atoms with Gasteiger partial charge in [0.2, 0.25) is 0 Å². The monoisotopic (exact) mass is 256 g/mol. The highest BCUT2D eigenvalue weighted by Gasteiger charge is 2.19. The van der Waals surface area contributed by atoms with E-state index in [1.807, 2.05) is 0 Å². The standard InChI is InChI=1S/C11H16N2O3S/c1-7-9(11(14)15)10(17-13-7)12-5-8-3-2-4-16-6-8/h8,12H,2-6H2,1H3,(H,14,15). The highest BCUT2D eigenvalue weighted by Crippen LogP contribution is 2.25. The third-order valence-electron chi connectivity index (χ3n) is 2.88. The van der Waals surface area contributed by atoms with Gasteiger partial charge < -0.3 is 15.2 Å². The molecule has 0 aliphatic carbocycles. The molecule has 5 nitrogen and oxygen atoms in total. The van der Waals surface area contributed by atoms with Gasteiger partial charge >= 0.3 is 5.97 Å². The molecule has 0 aromatic carbocycles. The number of hydrogen-bond donors (Lipinski definition) is 2. The van der Waals surface area contributed by atoms with Crippen LogP contribution in [0.1, 0.15) is 28.9 Å². The maximum absolute atomic E-state index is 11.1. The van der Waals surface area contributed by atoms with Crippen LogP contribution in [0.25, 0.3) is 0 Å². The normalized spacial score (nSPS) is 20.2. The number of aryl methyl sites for hydroxylation is 1. The van der Waals surface area contributed by atoms with Gasteiger partial charge in [-0.2, -0.15) is 4.37 Å². The third-order valence-corrected chi connectivity index (χ3v) is 3.78. The highest BCUT2D eigenvalue weighted by atomic mass is 32.1. The number of carboxylic acids is 1. The average Bonchev–Trinajstić information content (AvgIpc) is 2.69. The second-order valence-electron chi connectivity index (χ2n) is 4.24. The molecule has 17 heavy (non-hydrogen) atoms. The molecule has 0 bridgehead atoms. The molecule has 1 saturated heterocycles. The van der Waals surface area contributed by atoms with Crippen LogP contribution in [0, 0.1) is 12.8 Å². The molecule has 1 atom stereocenters. The van der Waals surface area contributed by atoms with Crippen LogP contribution in [0.15, 0.2) is 0 Å². The molecule has 1 aromatic heterocycles. The molecular weight excluding hydrogens is 240 g/mol. The quantitative estimate of drug-likeness (QED) is 0.862. The number of carboxylic acid groups (broad SMARTS) is 1. The maximum Gasteiger partial charge on any atom is 0.340 e. The van der Waals surface area contributed by atoms with Crippen LogP contribution in [0.5, 0.6) is 0 Å². The number of nitrogens with one attached hydrogen (secondary N) is 1. The van der Waals surface area contributed by atoms with Crippen molar-refractivity contribution in [2.75, 3.05) is 25.1 Å². The third kappa shape index (κ3) is 2.95. The van der Waals surface area contributed by atoms with E-state index in [1.165, 1.54) is 11.5 Å². The van der Waals surface area contributed by atoms with E-state index in [2.05, 4.69) is 9.69 Å². The summed E-state index contributed by atoms with van der Waals surface area (Å²) >= 11 is 1.21. The van der Waals surface area contributed by atoms with Crippen molar-refractivity contribution in [1.82, 2.24) is 4.37 Å². The Morgan fingerprint density at radius 1 is 1.71 bits per heavy atom. The lowest BCUT2D eigenvalue weighted by atomic mass is 10.0. The zero-order valence-electron chi connectivity index (χ0n) is 9.73. The number of hydrogen-bond acceptors (Lipinski definition) is 5. The van der Waals surface area contributed by atoms with Gasteiger partial charge in [-0.1, -0.05) is 0 Å². The smallest absolute Gasteiger partial charge is 0.340 e. The van der Waals surface area contributed by atoms with Gasteiger partial charge in [-0.15, -0.1) is 0 Å². The van der Waals surface area contributed by atoms with E-state index in [4.69, 9.17) is 9.84 Å². The second kappa shape index (κ2) is 5.46. The van der Waals surface area contributed by atoms with Gasteiger partial charge in [0.25, 0.3) is 0 Å². The molecular formula is C11H16N2O3S. The minimum atomic E-state index is -0.918. The molecule has 2 N–H and O–H groups in total. The van der Waals surface area contributed by atoms with E-state index in [9.17, 15) is 4.79 Å². The molecule has 0 amide bonds. The first-order valence-corrected chi connectivity index (χ1v) is 6.47. The van der Waals surface area contributed by atoms with E-state index in [0.29, 0.717) is 22.2 Å². The number of ether oxygens (including phenoxy) is 1. The second-order valence-corrected chi connectivity index (χ2v) is 5.01. The van der Waals surface area contributed by atoms with Crippen molar-refractivity contribution in [2.45, 2.75) is 19.8 Å². The first-order valence-electron chi connectivity index (χ1n) is 5.69. The molecule has 2 heterocycles. The van der Waals surface area contributed by atoms with Crippen molar-refractivity contribution in [3.63, 3.8) is 0 Å². The van der Waals surface area contributed by atoms with Gasteiger partial charge in [0.15, 0.2) is 0 Å². The topological polar surface area (TPSA) is 71.5 Å². The number of aromatic carboxylic acids is 1. The van der Waals surface area contributed by atoms with Crippen molar-refractivity contribution in [3.8, 4) is 0 Å². The number of nitrogens with zero attached hydrogens (tertiary/aromatic N) is 1. The number of aromatic nitrogens is 1. The lowest BCUT2D eigenvalue weighted by Crippen LogP contribution is -2.24. The molecule has 1 aliphatic heterocycles. The number of anilines is 1. The number of carbonyl (C=O) groups is 1. The van der Waals surface area contributed by atoms with Crippen molar-refractivity contribution < 1.29 is 14.6 Å². The van der Waals surface area contributed by atoms with Crippen molar-refractivity contribution in [2.24, 2.45) is 5.92 Å². The van der Waals surface area contributed by atoms with Crippen molar-refractivity contribution >= 4 is 22.5 Å². The fourth-order valence-corrected chi connectivity index (χ4v) is 2.74. The summed E-state index contributed by atoms with van der Waals surface area (Å²) in [5, 5.41) is 12.9. The van der Waals surface area contributed by atoms with Crippen LogP contribution in [0.2, 0.25) is 0 Å². The largest absolute Gasteiger partial charge is 0.478 e. The zero-order valence-corrected chi connectivity index (χ0v) is 10.5. The Hall–Kier alpha value is -1.14. The van der Waals surface area contributed by atoms with Crippen LogP contribution in [0.3, 0.4) is 0 Å². The molecule has 0 saturated carbocycles. The summed E-state index contributed by atoms with van der Waals surface area (Å²) < 4.78 is 9.45. The van der Waals surface area contributed by atoms with Gasteiger partial charge in [0, 0.05) is 13.2 Å². The van der Waals surface area contributed by atoms with Crippen LogP contribution in [-0.2, 0) is 4.74 Å². The summed E-state index contributed by atoms with van der Waals surface area (Å²) in [6.45, 7) is 4.07. The minimum absolute atomic E-state index is 0.298. The van der Waals surface area contributed by atoms with E-state index >= 15 is 0 Å². The molecule has 1 aromatic rings. The molecule has 0 spiro atoms. The minimum Gasteiger partial charge on any atom is -0.478 e. The fourth-order valence-electron chi connectivity index (χ4n) is 1.95. The summed E-state index contributed by atoms with van der Waals surface area (Å²) in [5.41, 5.74) is 0.872. The Kier molecular flexibility index (Phi) is 3.96. The van der Waals surface area contributed by atoms with Crippen LogP contribution >= 0.6 is 11.5 Å². The summed E-state index contributed by atoms with van der Waals surface area (Å²) in [4.78, 5) is 11.1. The van der Waals surface area contributed by atoms with E-state index in [-0.39, 0.29) is 0 Å². The summed E-state index contributed by atoms with van der Waals surface area (Å²) in [5.74, 6) is -0.452. The fraction of sp³-hybridized carbons (Fsp3) is 0.636. The Balaban J connectivity index is 1.96. The summed E-state index contributed by atoms with van der Waals surface area (Å²) in [6.07, 6.45) is 2.22. The van der Waals surface area contributed by atoms with Crippen LogP contribution in [-0.4, -0.2) is 35.2 Å². The molecule has 6 heteroatoms. The van der Waals surface area contributed by atoms with Gasteiger partial charge in [-0.25, -0.2) is 4.79 Å². The highest BCUT2D eigenvalue weighted by molar-refractivity contribution is 7.10. The summed E-state index contributed by atoms with van der Waals surface area (Å²) in [6, 6.07) is 0. The van der Waals surface area contributed by atoms with Gasteiger partial charge in [0.05, 0.1) is 12.3 Å². The lowest BCUT2D eigenvalue weighted by molar-refractivity contribution is 0.0595. The van der Waals surface area contributed by atoms with E-state index in [1.54, 1.807) is 6.92 Å². The van der Waals surface area contributed by atoms with Crippen LogP contribution < -0.4 is 5.32 Å². The van der Waals surface area contributed by atoms with Crippen molar-refractivity contribution in [1.29, 1.82) is 0 Å². The van der Waals surface area contributed by atoms with Gasteiger partial charge in [-0.05, 0) is 37.2 Å². The molecule has 1 aliphatic rings. The predicted octanol–water partition coefficient (Wildman–Crippen LogP) is 1.99. The molecule has 0 radical (unpaired) electrons. The average molecular weight is 256 g/mol. The summed E-state index contributed by atoms with van der Waals surface area (Å²) in [7, 11) is 0. The van der Waals surface area contributed by atoms with Gasteiger partial charge in [0.1, 0.15) is 10.6 Å². The van der Waals surface area contributed by atoms with E-state index in [0.717, 1.165) is 32.6 Å². The van der Waals surface area contributed by atoms with E-state index < -0.39 is 5.97 Å². The van der Waals surface area contributed by atoms with Gasteiger partial charge in [-0.3, -0.25) is 0 Å². The lowest BCUT2D eigenvalue weighted by Gasteiger charge is -2.22. The Labute approximate surface area is 104 Å². The Morgan fingerprint density at radius 2 is 2.53 bits per heavy atom. The SMILES string of the molecule is Cc1nsc(NCC2CCCOC2)c1C(=O)O.